The van der Waals surface area contributed by atoms with Gasteiger partial charge in [-0.05, 0) is 44.0 Å². The molecule has 0 spiro atoms. The summed E-state index contributed by atoms with van der Waals surface area (Å²) in [5.74, 6) is -0.233. The van der Waals surface area contributed by atoms with E-state index >= 15 is 0 Å². The zero-order chi connectivity index (χ0) is 16.1. The molecular weight excluding hydrogens is 290 g/mol. The molecule has 0 unspecified atom stereocenters. The average Bonchev–Trinajstić information content (AvgIpc) is 2.48. The third-order valence-electron chi connectivity index (χ3n) is 3.51. The molecule has 4 N–H and O–H groups in total. The first kappa shape index (κ1) is 17.5. The fourth-order valence-corrected chi connectivity index (χ4v) is 2.34. The molecule has 0 aliphatic heterocycles. The van der Waals surface area contributed by atoms with Crippen LogP contribution in [0.2, 0.25) is 0 Å². The van der Waals surface area contributed by atoms with E-state index in [4.69, 9.17) is 5.73 Å². The molecule has 1 amide bonds. The molecule has 0 saturated carbocycles. The Bertz CT molecular complexity index is 578. The Hall–Kier alpha value is -1.60. The summed E-state index contributed by atoms with van der Waals surface area (Å²) < 4.78 is 25.3. The minimum absolute atomic E-state index is 0.00812. The minimum Gasteiger partial charge on any atom is -0.324 e. The maximum atomic E-state index is 12.1. The number of anilines is 2. The van der Waals surface area contributed by atoms with Crippen molar-refractivity contribution in [2.45, 2.75) is 39.2 Å². The van der Waals surface area contributed by atoms with Crippen molar-refractivity contribution in [3.63, 3.8) is 0 Å². The van der Waals surface area contributed by atoms with Crippen LogP contribution >= 0.6 is 0 Å². The number of hydrogen-bond donors (Lipinski definition) is 3. The molecule has 0 aromatic heterocycles. The molecule has 0 radical (unpaired) electrons. The molecule has 7 heteroatoms. The molecule has 1 rings (SSSR count). The van der Waals surface area contributed by atoms with Gasteiger partial charge in [0.1, 0.15) is 0 Å². The second-order valence-electron chi connectivity index (χ2n) is 4.90. The molecule has 118 valence electrons. The molecule has 21 heavy (non-hydrogen) atoms. The largest absolute Gasteiger partial charge is 0.324 e. The summed E-state index contributed by atoms with van der Waals surface area (Å²) in [4.78, 5) is 12.1. The molecule has 0 heterocycles. The highest BCUT2D eigenvalue weighted by Crippen LogP contribution is 2.18. The number of carbonyl (C=O) groups excluding carboxylic acids is 1. The van der Waals surface area contributed by atoms with Crippen molar-refractivity contribution < 1.29 is 13.2 Å². The first-order valence-corrected chi connectivity index (χ1v) is 8.62. The molecule has 0 fully saturated rings. The van der Waals surface area contributed by atoms with Crippen LogP contribution in [-0.2, 0) is 14.8 Å². The predicted octanol–water partition coefficient (Wildman–Crippen LogP) is 1.90. The molecule has 0 saturated heterocycles. The first-order chi connectivity index (χ1) is 9.76. The lowest BCUT2D eigenvalue weighted by Crippen LogP contribution is -2.50. The van der Waals surface area contributed by atoms with Crippen molar-refractivity contribution in [2.24, 2.45) is 5.73 Å². The Morgan fingerprint density at radius 1 is 1.10 bits per heavy atom. The standard InChI is InChI=1S/C14H23N3O3S/c1-4-14(15,5-2)13(18)16-11-7-9-12(10-8-11)17-21(19,20)6-3/h7-10,17H,4-6,15H2,1-3H3,(H,16,18). The highest BCUT2D eigenvalue weighted by molar-refractivity contribution is 7.92. The van der Waals surface area contributed by atoms with Gasteiger partial charge in [-0.25, -0.2) is 8.42 Å². The van der Waals surface area contributed by atoms with Crippen LogP contribution in [0.4, 0.5) is 11.4 Å². The van der Waals surface area contributed by atoms with Crippen LogP contribution < -0.4 is 15.8 Å². The van der Waals surface area contributed by atoms with Gasteiger partial charge < -0.3 is 11.1 Å². The predicted molar refractivity (Wildman–Crippen MR) is 85.7 cm³/mol. The Labute approximate surface area is 126 Å². The summed E-state index contributed by atoms with van der Waals surface area (Å²) >= 11 is 0. The Morgan fingerprint density at radius 3 is 2.00 bits per heavy atom. The van der Waals surface area contributed by atoms with Crippen LogP contribution in [0.15, 0.2) is 24.3 Å². The van der Waals surface area contributed by atoms with Gasteiger partial charge in [0.25, 0.3) is 0 Å². The zero-order valence-corrected chi connectivity index (χ0v) is 13.5. The van der Waals surface area contributed by atoms with Gasteiger partial charge in [0, 0.05) is 11.4 Å². The van der Waals surface area contributed by atoms with E-state index in [1.807, 2.05) is 13.8 Å². The SMILES string of the molecule is CCC(N)(CC)C(=O)Nc1ccc(NS(=O)(=O)CC)cc1. The minimum atomic E-state index is -3.30. The van der Waals surface area contributed by atoms with Crippen LogP contribution in [0.5, 0.6) is 0 Å². The highest BCUT2D eigenvalue weighted by Gasteiger charge is 2.29. The van der Waals surface area contributed by atoms with E-state index in [9.17, 15) is 13.2 Å². The fraction of sp³-hybridized carbons (Fsp3) is 0.500. The Kier molecular flexibility index (Phi) is 5.74. The van der Waals surface area contributed by atoms with E-state index in [1.165, 1.54) is 0 Å². The lowest BCUT2D eigenvalue weighted by atomic mass is 9.93. The van der Waals surface area contributed by atoms with Crippen molar-refractivity contribution in [2.75, 3.05) is 15.8 Å². The van der Waals surface area contributed by atoms with Crippen molar-refractivity contribution in [3.8, 4) is 0 Å². The van der Waals surface area contributed by atoms with E-state index < -0.39 is 15.6 Å². The molecule has 1 aromatic rings. The molecular formula is C14H23N3O3S. The van der Waals surface area contributed by atoms with E-state index in [2.05, 4.69) is 10.0 Å². The summed E-state index contributed by atoms with van der Waals surface area (Å²) in [6.07, 6.45) is 1.09. The van der Waals surface area contributed by atoms with E-state index in [1.54, 1.807) is 31.2 Å². The number of rotatable bonds is 7. The summed E-state index contributed by atoms with van der Waals surface area (Å²) in [6, 6.07) is 6.46. The summed E-state index contributed by atoms with van der Waals surface area (Å²) in [5, 5.41) is 2.75. The summed E-state index contributed by atoms with van der Waals surface area (Å²) in [6.45, 7) is 5.30. The Balaban J connectivity index is 2.78. The van der Waals surface area contributed by atoms with Crippen molar-refractivity contribution in [3.05, 3.63) is 24.3 Å². The van der Waals surface area contributed by atoms with Gasteiger partial charge in [0.2, 0.25) is 15.9 Å². The quantitative estimate of drug-likeness (QED) is 0.715. The van der Waals surface area contributed by atoms with Crippen LogP contribution in [0, 0.1) is 0 Å². The van der Waals surface area contributed by atoms with Crippen LogP contribution in [0.3, 0.4) is 0 Å². The van der Waals surface area contributed by atoms with Gasteiger partial charge in [-0.2, -0.15) is 0 Å². The van der Waals surface area contributed by atoms with Gasteiger partial charge in [-0.15, -0.1) is 0 Å². The van der Waals surface area contributed by atoms with E-state index in [-0.39, 0.29) is 11.7 Å². The van der Waals surface area contributed by atoms with Crippen LogP contribution in [0.25, 0.3) is 0 Å². The lowest BCUT2D eigenvalue weighted by Gasteiger charge is -2.25. The molecule has 6 nitrogen and oxygen atoms in total. The van der Waals surface area contributed by atoms with Crippen molar-refractivity contribution in [1.29, 1.82) is 0 Å². The summed E-state index contributed by atoms with van der Waals surface area (Å²) in [7, 11) is -3.30. The highest BCUT2D eigenvalue weighted by atomic mass is 32.2. The number of nitrogens with two attached hydrogens (primary N) is 1. The van der Waals surface area contributed by atoms with Crippen LogP contribution in [0.1, 0.15) is 33.6 Å². The number of carbonyl (C=O) groups is 1. The first-order valence-electron chi connectivity index (χ1n) is 6.97. The second kappa shape index (κ2) is 6.91. The number of amides is 1. The molecule has 0 bridgehead atoms. The zero-order valence-electron chi connectivity index (χ0n) is 12.6. The van der Waals surface area contributed by atoms with E-state index in [0.717, 1.165) is 0 Å². The van der Waals surface area contributed by atoms with E-state index in [0.29, 0.717) is 24.2 Å². The topological polar surface area (TPSA) is 101 Å². The molecule has 0 aliphatic carbocycles. The molecule has 1 aromatic carbocycles. The molecule has 0 aliphatic rings. The Morgan fingerprint density at radius 2 is 1.57 bits per heavy atom. The normalized spacial score (nSPS) is 12.0. The van der Waals surface area contributed by atoms with Gasteiger partial charge in [0.05, 0.1) is 11.3 Å². The van der Waals surface area contributed by atoms with Gasteiger partial charge in [-0.3, -0.25) is 9.52 Å². The fourth-order valence-electron chi connectivity index (χ4n) is 1.70. The second-order valence-corrected chi connectivity index (χ2v) is 6.91. The van der Waals surface area contributed by atoms with Gasteiger partial charge in [0.15, 0.2) is 0 Å². The van der Waals surface area contributed by atoms with Gasteiger partial charge >= 0.3 is 0 Å². The van der Waals surface area contributed by atoms with Crippen molar-refractivity contribution >= 4 is 27.3 Å². The summed E-state index contributed by atoms with van der Waals surface area (Å²) in [5.41, 5.74) is 6.17. The van der Waals surface area contributed by atoms with Gasteiger partial charge in [-0.1, -0.05) is 13.8 Å². The van der Waals surface area contributed by atoms with Crippen LogP contribution in [-0.4, -0.2) is 25.6 Å². The van der Waals surface area contributed by atoms with Crippen molar-refractivity contribution in [1.82, 2.24) is 0 Å². The third-order valence-corrected chi connectivity index (χ3v) is 4.82. The number of benzene rings is 1. The molecule has 0 atom stereocenters. The maximum absolute atomic E-state index is 12.1. The monoisotopic (exact) mass is 313 g/mol. The number of sulfonamides is 1. The third kappa shape index (κ3) is 4.71. The number of nitrogens with one attached hydrogen (secondary N) is 2. The average molecular weight is 313 g/mol. The maximum Gasteiger partial charge on any atom is 0.244 e. The lowest BCUT2D eigenvalue weighted by molar-refractivity contribution is -0.121. The number of hydrogen-bond acceptors (Lipinski definition) is 4. The smallest absolute Gasteiger partial charge is 0.244 e.